The van der Waals surface area contributed by atoms with E-state index in [0.717, 1.165) is 10.7 Å². The van der Waals surface area contributed by atoms with Crippen molar-refractivity contribution in [2.24, 2.45) is 0 Å². The molecule has 0 aliphatic rings. The topological polar surface area (TPSA) is 83.5 Å². The first-order chi connectivity index (χ1) is 10.7. The van der Waals surface area contributed by atoms with Crippen molar-refractivity contribution in [3.63, 3.8) is 0 Å². The Morgan fingerprint density at radius 1 is 1.35 bits per heavy atom. The number of sulfonamides is 1. The fraction of sp³-hybridized carbons (Fsp3) is 0.533. The summed E-state index contributed by atoms with van der Waals surface area (Å²) < 4.78 is 37.7. The standard InChI is InChI=1S/C15H24N2O4S2/c1-5-9-16-15(18)12(2)22(19)11-13-7-6-8-14(10-13)23(20,21)17(3)4/h6-8,10,12H,5,9,11H2,1-4H3,(H,16,18)/t12-,22+/m0/s1. The summed E-state index contributed by atoms with van der Waals surface area (Å²) in [5.41, 5.74) is 0.626. The van der Waals surface area contributed by atoms with Gasteiger partial charge in [0.25, 0.3) is 0 Å². The Morgan fingerprint density at radius 2 is 2.00 bits per heavy atom. The van der Waals surface area contributed by atoms with Crippen LogP contribution in [0.3, 0.4) is 0 Å². The molecule has 0 saturated heterocycles. The fourth-order valence-corrected chi connectivity index (χ4v) is 3.86. The molecule has 6 nitrogen and oxygen atoms in total. The average molecular weight is 361 g/mol. The van der Waals surface area contributed by atoms with Crippen LogP contribution in [0.25, 0.3) is 0 Å². The molecule has 2 atom stereocenters. The molecule has 0 aromatic heterocycles. The predicted molar refractivity (Wildman–Crippen MR) is 91.9 cm³/mol. The summed E-state index contributed by atoms with van der Waals surface area (Å²) in [5, 5.41) is 2.07. The van der Waals surface area contributed by atoms with Gasteiger partial charge < -0.3 is 5.32 Å². The van der Waals surface area contributed by atoms with E-state index in [1.165, 1.54) is 26.2 Å². The molecule has 1 N–H and O–H groups in total. The maximum absolute atomic E-state index is 12.3. The number of rotatable bonds is 8. The fourth-order valence-electron chi connectivity index (χ4n) is 1.81. The molecule has 0 radical (unpaired) electrons. The summed E-state index contributed by atoms with van der Waals surface area (Å²) in [6.45, 7) is 4.11. The van der Waals surface area contributed by atoms with Gasteiger partial charge in [0.2, 0.25) is 15.9 Å². The quantitative estimate of drug-likeness (QED) is 0.752. The second-order valence-corrected chi connectivity index (χ2v) is 9.30. The summed E-state index contributed by atoms with van der Waals surface area (Å²) in [4.78, 5) is 12.0. The minimum Gasteiger partial charge on any atom is -0.355 e. The van der Waals surface area contributed by atoms with Gasteiger partial charge in [-0.3, -0.25) is 9.00 Å². The lowest BCUT2D eigenvalue weighted by molar-refractivity contribution is -0.120. The Morgan fingerprint density at radius 3 is 2.57 bits per heavy atom. The van der Waals surface area contributed by atoms with Crippen LogP contribution in [0.15, 0.2) is 29.2 Å². The van der Waals surface area contributed by atoms with E-state index >= 15 is 0 Å². The lowest BCUT2D eigenvalue weighted by atomic mass is 10.2. The molecule has 0 bridgehead atoms. The lowest BCUT2D eigenvalue weighted by Gasteiger charge is -2.14. The van der Waals surface area contributed by atoms with Crippen molar-refractivity contribution in [2.75, 3.05) is 20.6 Å². The van der Waals surface area contributed by atoms with E-state index in [4.69, 9.17) is 0 Å². The number of amides is 1. The van der Waals surface area contributed by atoms with Crippen LogP contribution in [0.2, 0.25) is 0 Å². The van der Waals surface area contributed by atoms with E-state index in [1.54, 1.807) is 19.1 Å². The number of hydrogen-bond donors (Lipinski definition) is 1. The van der Waals surface area contributed by atoms with E-state index in [9.17, 15) is 17.4 Å². The predicted octanol–water partition coefficient (Wildman–Crippen LogP) is 1.10. The van der Waals surface area contributed by atoms with Gasteiger partial charge in [-0.15, -0.1) is 0 Å². The van der Waals surface area contributed by atoms with Crippen molar-refractivity contribution >= 4 is 26.7 Å². The zero-order chi connectivity index (χ0) is 17.6. The monoisotopic (exact) mass is 360 g/mol. The molecule has 1 amide bonds. The summed E-state index contributed by atoms with van der Waals surface area (Å²) >= 11 is 0. The molecule has 0 aliphatic heterocycles. The summed E-state index contributed by atoms with van der Waals surface area (Å²) in [6.07, 6.45) is 0.815. The molecular weight excluding hydrogens is 336 g/mol. The van der Waals surface area contributed by atoms with Crippen molar-refractivity contribution in [3.8, 4) is 0 Å². The van der Waals surface area contributed by atoms with Crippen molar-refractivity contribution in [1.82, 2.24) is 9.62 Å². The van der Waals surface area contributed by atoms with Gasteiger partial charge in [-0.05, 0) is 31.0 Å². The largest absolute Gasteiger partial charge is 0.355 e. The van der Waals surface area contributed by atoms with Crippen LogP contribution in [0.5, 0.6) is 0 Å². The van der Waals surface area contributed by atoms with Crippen LogP contribution in [-0.4, -0.2) is 48.7 Å². The highest BCUT2D eigenvalue weighted by Gasteiger charge is 2.21. The van der Waals surface area contributed by atoms with Gasteiger partial charge in [-0.25, -0.2) is 12.7 Å². The van der Waals surface area contributed by atoms with Crippen LogP contribution in [0.4, 0.5) is 0 Å². The first kappa shape index (κ1) is 19.8. The molecule has 23 heavy (non-hydrogen) atoms. The zero-order valence-electron chi connectivity index (χ0n) is 13.9. The summed E-state index contributed by atoms with van der Waals surface area (Å²) in [7, 11) is -2.03. The molecule has 0 saturated carbocycles. The van der Waals surface area contributed by atoms with Crippen LogP contribution in [-0.2, 0) is 31.4 Å². The van der Waals surface area contributed by atoms with E-state index in [0.29, 0.717) is 12.1 Å². The number of carbonyl (C=O) groups excluding carboxylic acids is 1. The molecule has 0 unspecified atom stereocenters. The molecule has 1 aromatic rings. The maximum atomic E-state index is 12.3. The number of carbonyl (C=O) groups is 1. The minimum absolute atomic E-state index is 0.136. The van der Waals surface area contributed by atoms with E-state index in [1.807, 2.05) is 6.92 Å². The average Bonchev–Trinajstić information content (AvgIpc) is 2.51. The highest BCUT2D eigenvalue weighted by molar-refractivity contribution is 7.89. The summed E-state index contributed by atoms with van der Waals surface area (Å²) in [6, 6.07) is 6.33. The first-order valence-electron chi connectivity index (χ1n) is 7.36. The van der Waals surface area contributed by atoms with Gasteiger partial charge in [0, 0.05) is 37.2 Å². The normalized spacial score (nSPS) is 14.5. The lowest BCUT2D eigenvalue weighted by Crippen LogP contribution is -2.36. The van der Waals surface area contributed by atoms with Crippen molar-refractivity contribution in [2.45, 2.75) is 36.2 Å². The molecule has 1 aromatic carbocycles. The second kappa shape index (κ2) is 8.56. The third-order valence-electron chi connectivity index (χ3n) is 3.30. The van der Waals surface area contributed by atoms with Gasteiger partial charge in [0.15, 0.2) is 0 Å². The van der Waals surface area contributed by atoms with E-state index in [2.05, 4.69) is 5.32 Å². The highest BCUT2D eigenvalue weighted by atomic mass is 32.2. The Bertz CT molecular complexity index is 672. The molecule has 130 valence electrons. The SMILES string of the molecule is CCCNC(=O)[C@H](C)[S@](=O)Cc1cccc(S(=O)(=O)N(C)C)c1. The Hall–Kier alpha value is -1.25. The Kier molecular flexibility index (Phi) is 7.37. The van der Waals surface area contributed by atoms with Crippen LogP contribution in [0, 0.1) is 0 Å². The molecule has 1 rings (SSSR count). The molecule has 0 fully saturated rings. The van der Waals surface area contributed by atoms with Crippen molar-refractivity contribution in [3.05, 3.63) is 29.8 Å². The van der Waals surface area contributed by atoms with Gasteiger partial charge in [0.05, 0.1) is 4.90 Å². The van der Waals surface area contributed by atoms with Gasteiger partial charge >= 0.3 is 0 Å². The Balaban J connectivity index is 2.86. The number of benzene rings is 1. The minimum atomic E-state index is -3.53. The molecule has 0 aliphatic carbocycles. The number of nitrogens with zero attached hydrogens (tertiary/aromatic N) is 1. The van der Waals surface area contributed by atoms with Gasteiger partial charge in [-0.1, -0.05) is 19.1 Å². The van der Waals surface area contributed by atoms with Crippen LogP contribution in [0.1, 0.15) is 25.8 Å². The zero-order valence-corrected chi connectivity index (χ0v) is 15.5. The van der Waals surface area contributed by atoms with Crippen LogP contribution < -0.4 is 5.32 Å². The molecule has 0 spiro atoms. The third-order valence-corrected chi connectivity index (χ3v) is 6.73. The highest BCUT2D eigenvalue weighted by Crippen LogP contribution is 2.16. The smallest absolute Gasteiger partial charge is 0.242 e. The van der Waals surface area contributed by atoms with Gasteiger partial charge in [-0.2, -0.15) is 0 Å². The summed E-state index contributed by atoms with van der Waals surface area (Å²) in [5.74, 6) is -0.112. The molecule has 0 heterocycles. The van der Waals surface area contributed by atoms with Crippen molar-refractivity contribution < 1.29 is 17.4 Å². The number of nitrogens with one attached hydrogen (secondary N) is 1. The van der Waals surface area contributed by atoms with Gasteiger partial charge in [0.1, 0.15) is 5.25 Å². The third kappa shape index (κ3) is 5.40. The number of hydrogen-bond acceptors (Lipinski definition) is 4. The van der Waals surface area contributed by atoms with E-state index < -0.39 is 26.1 Å². The second-order valence-electron chi connectivity index (χ2n) is 5.39. The Labute approximate surface area is 140 Å². The molecule has 8 heteroatoms. The van der Waals surface area contributed by atoms with Crippen LogP contribution >= 0.6 is 0 Å². The van der Waals surface area contributed by atoms with E-state index in [-0.39, 0.29) is 16.6 Å². The van der Waals surface area contributed by atoms with Crippen molar-refractivity contribution in [1.29, 1.82) is 0 Å². The molecular formula is C15H24N2O4S2. The maximum Gasteiger partial charge on any atom is 0.242 e. The first-order valence-corrected chi connectivity index (χ1v) is 10.2.